The molecule has 4 rings (SSSR count). The van der Waals surface area contributed by atoms with E-state index in [1.165, 1.54) is 6.08 Å². The molecule has 0 aliphatic carbocycles. The Morgan fingerprint density at radius 2 is 1.97 bits per heavy atom. The number of nitriles is 1. The van der Waals surface area contributed by atoms with Crippen molar-refractivity contribution in [2.24, 2.45) is 0 Å². The van der Waals surface area contributed by atoms with Gasteiger partial charge in [0.2, 0.25) is 0 Å². The minimum atomic E-state index is -0.428. The fraction of sp³-hybridized carbons (Fsp3) is 0.172. The van der Waals surface area contributed by atoms with E-state index in [-0.39, 0.29) is 5.57 Å². The number of nitrogens with one attached hydrogen (secondary N) is 2. The van der Waals surface area contributed by atoms with Crippen molar-refractivity contribution in [2.45, 2.75) is 20.0 Å². The fourth-order valence-electron chi connectivity index (χ4n) is 3.95. The highest BCUT2D eigenvalue weighted by molar-refractivity contribution is 9.10. The number of aromatic amines is 1. The van der Waals surface area contributed by atoms with Gasteiger partial charge >= 0.3 is 0 Å². The van der Waals surface area contributed by atoms with E-state index in [0.29, 0.717) is 41.1 Å². The lowest BCUT2D eigenvalue weighted by Crippen LogP contribution is -2.26. The van der Waals surface area contributed by atoms with Crippen molar-refractivity contribution in [3.63, 3.8) is 0 Å². The Morgan fingerprint density at radius 3 is 2.75 bits per heavy atom. The van der Waals surface area contributed by atoms with Gasteiger partial charge in [-0.1, -0.05) is 64.0 Å². The van der Waals surface area contributed by atoms with Crippen molar-refractivity contribution >= 4 is 38.8 Å². The summed E-state index contributed by atoms with van der Waals surface area (Å²) in [7, 11) is 1.55. The molecule has 0 bridgehead atoms. The number of amides is 1. The van der Waals surface area contributed by atoms with Crippen LogP contribution in [0.1, 0.15) is 22.3 Å². The molecule has 7 heteroatoms. The first-order chi connectivity index (χ1) is 17.5. The van der Waals surface area contributed by atoms with Crippen molar-refractivity contribution in [1.29, 1.82) is 5.26 Å². The molecule has 6 nitrogen and oxygen atoms in total. The number of H-pyrrole nitrogens is 1. The van der Waals surface area contributed by atoms with Gasteiger partial charge in [0.1, 0.15) is 18.2 Å². The predicted molar refractivity (Wildman–Crippen MR) is 145 cm³/mol. The van der Waals surface area contributed by atoms with Gasteiger partial charge in [-0.05, 0) is 54.3 Å². The maximum absolute atomic E-state index is 12.7. The Labute approximate surface area is 218 Å². The highest BCUT2D eigenvalue weighted by Gasteiger charge is 2.14. The van der Waals surface area contributed by atoms with Crippen LogP contribution in [0.4, 0.5) is 0 Å². The number of halogens is 1. The first-order valence-corrected chi connectivity index (χ1v) is 12.3. The van der Waals surface area contributed by atoms with Gasteiger partial charge in [-0.15, -0.1) is 0 Å². The molecule has 0 radical (unpaired) electrons. The molecule has 1 amide bonds. The number of fused-ring (bicyclic) bond motifs is 1. The number of benzene rings is 3. The van der Waals surface area contributed by atoms with Crippen LogP contribution >= 0.6 is 15.9 Å². The third kappa shape index (κ3) is 5.96. The average molecular weight is 544 g/mol. The van der Waals surface area contributed by atoms with Crippen LogP contribution in [0, 0.1) is 18.3 Å². The fourth-order valence-corrected chi connectivity index (χ4v) is 4.38. The number of carbonyl (C=O) groups excluding carboxylic acids is 1. The van der Waals surface area contributed by atoms with Gasteiger partial charge in [-0.3, -0.25) is 4.79 Å². The first kappa shape index (κ1) is 25.1. The topological polar surface area (TPSA) is 87.1 Å². The number of aromatic nitrogens is 1. The number of para-hydroxylation sites is 1. The highest BCUT2D eigenvalue weighted by Crippen LogP contribution is 2.35. The van der Waals surface area contributed by atoms with E-state index >= 15 is 0 Å². The molecular weight excluding hydrogens is 518 g/mol. The second kappa shape index (κ2) is 11.6. The standard InChI is InChI=1S/C29H26BrN3O3/c1-19-6-5-7-20(12-19)18-36-28-15-25(30)22(14-27(28)35-2)13-23(16-31)29(34)32-11-10-21-17-33-26-9-4-3-8-24(21)26/h3-9,12-15,17,33H,10-11,18H2,1-2H3,(H,32,34)/b23-13-. The third-order valence-corrected chi connectivity index (χ3v) is 6.47. The van der Waals surface area contributed by atoms with E-state index in [4.69, 9.17) is 9.47 Å². The van der Waals surface area contributed by atoms with Crippen molar-refractivity contribution in [3.05, 3.63) is 99.2 Å². The van der Waals surface area contributed by atoms with E-state index in [9.17, 15) is 10.1 Å². The molecule has 0 saturated carbocycles. The van der Waals surface area contributed by atoms with E-state index in [2.05, 4.69) is 32.3 Å². The minimum Gasteiger partial charge on any atom is -0.493 e. The minimum absolute atomic E-state index is 0.00473. The quantitative estimate of drug-likeness (QED) is 0.197. The number of ether oxygens (including phenoxy) is 2. The molecule has 0 aliphatic rings. The Balaban J connectivity index is 1.44. The molecule has 2 N–H and O–H groups in total. The zero-order chi connectivity index (χ0) is 25.5. The molecule has 182 valence electrons. The van der Waals surface area contributed by atoms with Gasteiger partial charge in [0.25, 0.3) is 5.91 Å². The van der Waals surface area contributed by atoms with Gasteiger partial charge in [-0.25, -0.2) is 0 Å². The van der Waals surface area contributed by atoms with E-state index in [1.807, 2.05) is 61.7 Å². The summed E-state index contributed by atoms with van der Waals surface area (Å²) in [5, 5.41) is 13.6. The molecule has 36 heavy (non-hydrogen) atoms. The number of aryl methyl sites for hydroxylation is 1. The van der Waals surface area contributed by atoms with Crippen molar-refractivity contribution < 1.29 is 14.3 Å². The van der Waals surface area contributed by atoms with Crippen molar-refractivity contribution in [3.8, 4) is 17.6 Å². The number of nitrogens with zero attached hydrogens (tertiary/aromatic N) is 1. The molecule has 4 aromatic rings. The summed E-state index contributed by atoms with van der Waals surface area (Å²) in [6.07, 6.45) is 4.14. The molecule has 1 heterocycles. The zero-order valence-electron chi connectivity index (χ0n) is 20.1. The number of carbonyl (C=O) groups is 1. The van der Waals surface area contributed by atoms with Crippen LogP contribution in [-0.4, -0.2) is 24.5 Å². The van der Waals surface area contributed by atoms with Crippen molar-refractivity contribution in [1.82, 2.24) is 10.3 Å². The predicted octanol–water partition coefficient (Wildman–Crippen LogP) is 6.09. The second-order valence-corrected chi connectivity index (χ2v) is 9.19. The lowest BCUT2D eigenvalue weighted by molar-refractivity contribution is -0.117. The molecule has 3 aromatic carbocycles. The normalized spacial score (nSPS) is 11.2. The molecule has 1 aromatic heterocycles. The summed E-state index contributed by atoms with van der Waals surface area (Å²) in [5.74, 6) is 0.641. The second-order valence-electron chi connectivity index (χ2n) is 8.34. The van der Waals surface area contributed by atoms with Crippen LogP contribution in [-0.2, 0) is 17.8 Å². The molecule has 0 saturated heterocycles. The Kier molecular flexibility index (Phi) is 8.09. The van der Waals surface area contributed by atoms with E-state index in [1.54, 1.807) is 19.2 Å². The maximum atomic E-state index is 12.7. The van der Waals surface area contributed by atoms with Crippen LogP contribution in [0.5, 0.6) is 11.5 Å². The Bertz CT molecular complexity index is 1470. The molecular formula is C29H26BrN3O3. The summed E-state index contributed by atoms with van der Waals surface area (Å²) in [6, 6.07) is 21.6. The van der Waals surface area contributed by atoms with Gasteiger partial charge in [-0.2, -0.15) is 5.26 Å². The molecule has 0 aliphatic heterocycles. The van der Waals surface area contributed by atoms with Gasteiger partial charge in [0, 0.05) is 28.1 Å². The number of methoxy groups -OCH3 is 1. The van der Waals surface area contributed by atoms with Gasteiger partial charge in [0.15, 0.2) is 11.5 Å². The van der Waals surface area contributed by atoms with Crippen LogP contribution in [0.2, 0.25) is 0 Å². The third-order valence-electron chi connectivity index (χ3n) is 5.78. The maximum Gasteiger partial charge on any atom is 0.261 e. The van der Waals surface area contributed by atoms with Crippen molar-refractivity contribution in [2.75, 3.05) is 13.7 Å². The van der Waals surface area contributed by atoms with Gasteiger partial charge in [0.05, 0.1) is 7.11 Å². The summed E-state index contributed by atoms with van der Waals surface area (Å²) in [4.78, 5) is 15.9. The van der Waals surface area contributed by atoms with E-state index < -0.39 is 5.91 Å². The van der Waals surface area contributed by atoms with Gasteiger partial charge < -0.3 is 19.8 Å². The zero-order valence-corrected chi connectivity index (χ0v) is 21.7. The lowest BCUT2D eigenvalue weighted by Gasteiger charge is -2.13. The monoisotopic (exact) mass is 543 g/mol. The van der Waals surface area contributed by atoms with E-state index in [0.717, 1.165) is 27.6 Å². The molecule has 0 fully saturated rings. The average Bonchev–Trinajstić information content (AvgIpc) is 3.30. The SMILES string of the molecule is COc1cc(/C=C(/C#N)C(=O)NCCc2c[nH]c3ccccc23)c(Br)cc1OCc1cccc(C)c1. The summed E-state index contributed by atoms with van der Waals surface area (Å²) >= 11 is 3.53. The van der Waals surface area contributed by atoms with Crippen LogP contribution in [0.15, 0.2) is 76.9 Å². The molecule has 0 spiro atoms. The van der Waals surface area contributed by atoms with Crippen LogP contribution in [0.25, 0.3) is 17.0 Å². The lowest BCUT2D eigenvalue weighted by atomic mass is 10.1. The van der Waals surface area contributed by atoms with Crippen LogP contribution in [0.3, 0.4) is 0 Å². The first-order valence-electron chi connectivity index (χ1n) is 11.5. The summed E-state index contributed by atoms with van der Waals surface area (Å²) in [6.45, 7) is 2.84. The molecule has 0 unspecified atom stereocenters. The smallest absolute Gasteiger partial charge is 0.261 e. The number of hydrogen-bond donors (Lipinski definition) is 2. The molecule has 0 atom stereocenters. The summed E-state index contributed by atoms with van der Waals surface area (Å²) in [5.41, 5.74) is 5.02. The summed E-state index contributed by atoms with van der Waals surface area (Å²) < 4.78 is 12.2. The van der Waals surface area contributed by atoms with Crippen LogP contribution < -0.4 is 14.8 Å². The number of hydrogen-bond acceptors (Lipinski definition) is 4. The largest absolute Gasteiger partial charge is 0.493 e. The number of rotatable bonds is 9. The highest BCUT2D eigenvalue weighted by atomic mass is 79.9. The Hall–Kier alpha value is -4.02. The Morgan fingerprint density at radius 1 is 1.14 bits per heavy atom.